The van der Waals surface area contributed by atoms with Gasteiger partial charge in [0.05, 0.1) is 0 Å². The zero-order chi connectivity index (χ0) is 10.1. The summed E-state index contributed by atoms with van der Waals surface area (Å²) in [7, 11) is 2.24. The van der Waals surface area contributed by atoms with Crippen LogP contribution in [0.15, 0.2) is 0 Å². The molecule has 1 aliphatic rings. The van der Waals surface area contributed by atoms with Crippen LogP contribution in [-0.4, -0.2) is 36.1 Å². The maximum atomic E-state index is 3.54. The molecule has 0 aromatic carbocycles. The largest absolute Gasteiger partial charge is 0.313 e. The summed E-state index contributed by atoms with van der Waals surface area (Å²) >= 11 is 0. The predicted molar refractivity (Wildman–Crippen MR) is 58.0 cm³/mol. The molecule has 1 aliphatic heterocycles. The topological polar surface area (TPSA) is 15.3 Å². The minimum absolute atomic E-state index is 0.290. The third-order valence-corrected chi connectivity index (χ3v) is 3.28. The van der Waals surface area contributed by atoms with E-state index in [9.17, 15) is 0 Å². The Morgan fingerprint density at radius 2 is 1.92 bits per heavy atom. The van der Waals surface area contributed by atoms with Crippen molar-refractivity contribution in [3.05, 3.63) is 0 Å². The lowest BCUT2D eigenvalue weighted by Crippen LogP contribution is -2.56. The van der Waals surface area contributed by atoms with E-state index in [1.807, 2.05) is 0 Å². The van der Waals surface area contributed by atoms with Gasteiger partial charge in [0, 0.05) is 17.6 Å². The summed E-state index contributed by atoms with van der Waals surface area (Å²) in [5.74, 6) is 0. The van der Waals surface area contributed by atoms with Crippen molar-refractivity contribution in [1.82, 2.24) is 10.2 Å². The minimum Gasteiger partial charge on any atom is -0.313 e. The van der Waals surface area contributed by atoms with Crippen LogP contribution in [0.25, 0.3) is 0 Å². The van der Waals surface area contributed by atoms with Gasteiger partial charge in [-0.15, -0.1) is 0 Å². The molecular weight excluding hydrogens is 160 g/mol. The lowest BCUT2D eigenvalue weighted by molar-refractivity contribution is 0.0756. The minimum atomic E-state index is 0.290. The molecule has 1 heterocycles. The third kappa shape index (κ3) is 2.68. The van der Waals surface area contributed by atoms with E-state index in [-0.39, 0.29) is 5.54 Å². The third-order valence-electron chi connectivity index (χ3n) is 3.28. The smallest absolute Gasteiger partial charge is 0.0249 e. The van der Waals surface area contributed by atoms with Crippen molar-refractivity contribution in [2.45, 2.75) is 58.2 Å². The van der Waals surface area contributed by atoms with Crippen molar-refractivity contribution < 1.29 is 0 Å². The van der Waals surface area contributed by atoms with E-state index in [0.29, 0.717) is 12.1 Å². The molecule has 0 saturated carbocycles. The maximum Gasteiger partial charge on any atom is 0.0249 e. The summed E-state index contributed by atoms with van der Waals surface area (Å²) in [5.41, 5.74) is 0.290. The van der Waals surface area contributed by atoms with Crippen molar-refractivity contribution in [3.8, 4) is 0 Å². The molecular formula is C11H24N2. The van der Waals surface area contributed by atoms with Gasteiger partial charge in [0.25, 0.3) is 0 Å². The van der Waals surface area contributed by atoms with Crippen LogP contribution in [0.3, 0.4) is 0 Å². The Labute approximate surface area is 82.7 Å². The van der Waals surface area contributed by atoms with Gasteiger partial charge in [-0.1, -0.05) is 0 Å². The van der Waals surface area contributed by atoms with Gasteiger partial charge in [0.1, 0.15) is 0 Å². The summed E-state index contributed by atoms with van der Waals surface area (Å²) in [4.78, 5) is 2.50. The molecule has 13 heavy (non-hydrogen) atoms. The molecule has 2 atom stereocenters. The fourth-order valence-corrected chi connectivity index (χ4v) is 2.05. The number of hydrogen-bond acceptors (Lipinski definition) is 2. The summed E-state index contributed by atoms with van der Waals surface area (Å²) in [6.45, 7) is 10.3. The second kappa shape index (κ2) is 3.97. The highest BCUT2D eigenvalue weighted by Gasteiger charge is 2.30. The molecule has 0 aromatic rings. The zero-order valence-electron chi connectivity index (χ0n) is 9.72. The lowest BCUT2D eigenvalue weighted by Gasteiger charge is -2.44. The molecule has 0 radical (unpaired) electrons. The van der Waals surface area contributed by atoms with Gasteiger partial charge in [0.15, 0.2) is 0 Å². The molecule has 1 rings (SSSR count). The van der Waals surface area contributed by atoms with Crippen LogP contribution in [0.5, 0.6) is 0 Å². The highest BCUT2D eigenvalue weighted by molar-refractivity contribution is 4.89. The van der Waals surface area contributed by atoms with Crippen molar-refractivity contribution in [2.24, 2.45) is 0 Å². The first-order chi connectivity index (χ1) is 5.93. The normalized spacial score (nSPS) is 30.9. The first-order valence-corrected chi connectivity index (χ1v) is 5.39. The number of hydrogen-bond donors (Lipinski definition) is 1. The molecule has 0 aliphatic carbocycles. The van der Waals surface area contributed by atoms with E-state index in [1.54, 1.807) is 0 Å². The predicted octanol–water partition coefficient (Wildman–Crippen LogP) is 1.86. The van der Waals surface area contributed by atoms with Crippen molar-refractivity contribution in [1.29, 1.82) is 0 Å². The van der Waals surface area contributed by atoms with E-state index >= 15 is 0 Å². The Kier molecular flexibility index (Phi) is 3.36. The summed E-state index contributed by atoms with van der Waals surface area (Å²) in [6, 6.07) is 1.34. The molecule has 1 saturated heterocycles. The molecule has 2 nitrogen and oxygen atoms in total. The van der Waals surface area contributed by atoms with Crippen LogP contribution in [0.1, 0.15) is 40.5 Å². The van der Waals surface area contributed by atoms with E-state index in [0.717, 1.165) is 0 Å². The first-order valence-electron chi connectivity index (χ1n) is 5.39. The van der Waals surface area contributed by atoms with Gasteiger partial charge < -0.3 is 5.32 Å². The lowest BCUT2D eigenvalue weighted by atomic mass is 9.94. The molecule has 0 amide bonds. The van der Waals surface area contributed by atoms with Crippen molar-refractivity contribution >= 4 is 0 Å². The van der Waals surface area contributed by atoms with Crippen LogP contribution >= 0.6 is 0 Å². The average Bonchev–Trinajstić information content (AvgIpc) is 2.02. The van der Waals surface area contributed by atoms with Gasteiger partial charge in [-0.05, 0) is 54.1 Å². The molecule has 0 spiro atoms. The highest BCUT2D eigenvalue weighted by Crippen LogP contribution is 2.21. The van der Waals surface area contributed by atoms with Gasteiger partial charge in [0.2, 0.25) is 0 Å². The van der Waals surface area contributed by atoms with E-state index in [1.165, 1.54) is 19.4 Å². The van der Waals surface area contributed by atoms with Crippen LogP contribution in [0.4, 0.5) is 0 Å². The Morgan fingerprint density at radius 1 is 1.31 bits per heavy atom. The Morgan fingerprint density at radius 3 is 2.38 bits per heavy atom. The van der Waals surface area contributed by atoms with E-state index < -0.39 is 0 Å². The number of piperidine rings is 1. The van der Waals surface area contributed by atoms with Gasteiger partial charge in [-0.3, -0.25) is 4.90 Å². The number of nitrogens with one attached hydrogen (secondary N) is 1. The molecule has 78 valence electrons. The standard InChI is InChI=1S/C11H24N2/c1-9-10(7-6-8-12-9)13(5)11(2,3)4/h9-10,12H,6-8H2,1-5H3. The zero-order valence-corrected chi connectivity index (χ0v) is 9.72. The van der Waals surface area contributed by atoms with Crippen LogP contribution in [0.2, 0.25) is 0 Å². The van der Waals surface area contributed by atoms with Crippen LogP contribution in [-0.2, 0) is 0 Å². The highest BCUT2D eigenvalue weighted by atomic mass is 15.2. The molecule has 1 fully saturated rings. The number of nitrogens with zero attached hydrogens (tertiary/aromatic N) is 1. The molecule has 2 unspecified atom stereocenters. The second-order valence-electron chi connectivity index (χ2n) is 5.23. The van der Waals surface area contributed by atoms with Crippen molar-refractivity contribution in [3.63, 3.8) is 0 Å². The van der Waals surface area contributed by atoms with Crippen molar-refractivity contribution in [2.75, 3.05) is 13.6 Å². The second-order valence-corrected chi connectivity index (χ2v) is 5.23. The van der Waals surface area contributed by atoms with Gasteiger partial charge in [-0.25, -0.2) is 0 Å². The van der Waals surface area contributed by atoms with E-state index in [4.69, 9.17) is 0 Å². The summed E-state index contributed by atoms with van der Waals surface area (Å²) in [5, 5.41) is 3.54. The Hall–Kier alpha value is -0.0800. The fraction of sp³-hybridized carbons (Fsp3) is 1.00. The molecule has 2 heteroatoms. The van der Waals surface area contributed by atoms with Crippen LogP contribution < -0.4 is 5.32 Å². The number of rotatable bonds is 1. The van der Waals surface area contributed by atoms with E-state index in [2.05, 4.69) is 45.0 Å². The quantitative estimate of drug-likeness (QED) is 0.669. The first kappa shape index (κ1) is 11.0. The number of likely N-dealkylation sites (N-methyl/N-ethyl adjacent to an activating group) is 1. The monoisotopic (exact) mass is 184 g/mol. The molecule has 1 N–H and O–H groups in total. The molecule has 0 bridgehead atoms. The Balaban J connectivity index is 2.58. The Bertz CT molecular complexity index is 160. The van der Waals surface area contributed by atoms with Crippen LogP contribution in [0, 0.1) is 0 Å². The van der Waals surface area contributed by atoms with Gasteiger partial charge >= 0.3 is 0 Å². The summed E-state index contributed by atoms with van der Waals surface area (Å²) < 4.78 is 0. The van der Waals surface area contributed by atoms with Gasteiger partial charge in [-0.2, -0.15) is 0 Å². The maximum absolute atomic E-state index is 3.54. The average molecular weight is 184 g/mol. The summed E-state index contributed by atoms with van der Waals surface area (Å²) in [6.07, 6.45) is 2.65. The fourth-order valence-electron chi connectivity index (χ4n) is 2.05. The molecule has 0 aromatic heterocycles. The SMILES string of the molecule is CC1NCCCC1N(C)C(C)(C)C.